The number of piperidine rings is 1. The fraction of sp³-hybridized carbons (Fsp3) is 0.476. The molecule has 1 aliphatic heterocycles. The highest BCUT2D eigenvalue weighted by molar-refractivity contribution is 9.10. The Morgan fingerprint density at radius 1 is 1.18 bits per heavy atom. The molecule has 1 unspecified atom stereocenters. The summed E-state index contributed by atoms with van der Waals surface area (Å²) < 4.78 is 0.852. The monoisotopic (exact) mass is 442 g/mol. The molecule has 1 saturated heterocycles. The molecule has 0 bridgehead atoms. The number of aromatic nitrogens is 4. The molecule has 0 saturated carbocycles. The molecule has 3 aromatic rings. The summed E-state index contributed by atoms with van der Waals surface area (Å²) >= 11 is 3.55. The molecule has 28 heavy (non-hydrogen) atoms. The average molecular weight is 443 g/mol. The molecule has 0 radical (unpaired) electrons. The van der Waals surface area contributed by atoms with Gasteiger partial charge in [0.05, 0.1) is 5.39 Å². The zero-order valence-electron chi connectivity index (χ0n) is 16.7. The van der Waals surface area contributed by atoms with Gasteiger partial charge in [-0.15, -0.1) is 0 Å². The Morgan fingerprint density at radius 2 is 1.89 bits per heavy atom. The van der Waals surface area contributed by atoms with Crippen molar-refractivity contribution in [3.05, 3.63) is 46.3 Å². The number of hydrogen-bond donors (Lipinski definition) is 1. The Kier molecular flexibility index (Phi) is 5.64. The topological polar surface area (TPSA) is 60.9 Å². The van der Waals surface area contributed by atoms with E-state index in [1.54, 1.807) is 6.33 Å². The third-order valence-corrected chi connectivity index (χ3v) is 6.34. The fourth-order valence-corrected chi connectivity index (χ4v) is 4.74. The lowest BCUT2D eigenvalue weighted by Gasteiger charge is -2.38. The van der Waals surface area contributed by atoms with Crippen LogP contribution in [0, 0.1) is 12.8 Å². The van der Waals surface area contributed by atoms with Gasteiger partial charge in [-0.05, 0) is 67.2 Å². The molecule has 1 aliphatic rings. The number of nitrogens with zero attached hydrogens (tertiary/aromatic N) is 5. The Hall–Kier alpha value is -1.99. The van der Waals surface area contributed by atoms with E-state index in [1.807, 2.05) is 0 Å². The molecule has 0 amide bonds. The standard InChI is InChI=1S/C21H27BrN6/c1-14-4-6-15(7-5-14)17(12-27(2)3)16-8-10-28(11-9-16)21-18-19(22)25-26-20(18)23-13-24-21/h4-7,13,16-17H,8-12H2,1-3H3,(H,23,24,25,26). The van der Waals surface area contributed by atoms with Gasteiger partial charge in [-0.1, -0.05) is 29.8 Å². The lowest BCUT2D eigenvalue weighted by atomic mass is 9.79. The van der Waals surface area contributed by atoms with E-state index in [9.17, 15) is 0 Å². The van der Waals surface area contributed by atoms with Gasteiger partial charge in [0, 0.05) is 19.6 Å². The first-order valence-electron chi connectivity index (χ1n) is 9.83. The van der Waals surface area contributed by atoms with E-state index in [2.05, 4.69) is 91.2 Å². The second kappa shape index (κ2) is 8.17. The smallest absolute Gasteiger partial charge is 0.187 e. The first-order valence-corrected chi connectivity index (χ1v) is 10.6. The number of nitrogens with one attached hydrogen (secondary N) is 1. The van der Waals surface area contributed by atoms with Gasteiger partial charge in [0.25, 0.3) is 0 Å². The van der Waals surface area contributed by atoms with Gasteiger partial charge in [-0.2, -0.15) is 5.10 Å². The average Bonchev–Trinajstić information content (AvgIpc) is 3.08. The van der Waals surface area contributed by atoms with Gasteiger partial charge in [-0.25, -0.2) is 9.97 Å². The molecule has 2 aromatic heterocycles. The van der Waals surface area contributed by atoms with Crippen molar-refractivity contribution in [2.24, 2.45) is 5.92 Å². The normalized spacial score (nSPS) is 16.8. The Balaban J connectivity index is 1.52. The Bertz CT molecular complexity index is 928. The molecule has 7 heteroatoms. The first-order chi connectivity index (χ1) is 13.5. The maximum Gasteiger partial charge on any atom is 0.187 e. The number of hydrogen-bond acceptors (Lipinski definition) is 5. The van der Waals surface area contributed by atoms with E-state index in [-0.39, 0.29) is 0 Å². The maximum atomic E-state index is 4.57. The van der Waals surface area contributed by atoms with Crippen molar-refractivity contribution < 1.29 is 0 Å². The van der Waals surface area contributed by atoms with Gasteiger partial charge >= 0.3 is 0 Å². The molecule has 1 fully saturated rings. The van der Waals surface area contributed by atoms with Gasteiger partial charge in [-0.3, -0.25) is 5.10 Å². The van der Waals surface area contributed by atoms with Crippen LogP contribution in [0.1, 0.15) is 29.9 Å². The lowest BCUT2D eigenvalue weighted by Crippen LogP contribution is -2.38. The molecule has 0 spiro atoms. The van der Waals surface area contributed by atoms with Crippen molar-refractivity contribution in [1.82, 2.24) is 25.1 Å². The number of anilines is 1. The van der Waals surface area contributed by atoms with Crippen LogP contribution in [-0.2, 0) is 0 Å². The molecular weight excluding hydrogens is 416 g/mol. The quantitative estimate of drug-likeness (QED) is 0.647. The van der Waals surface area contributed by atoms with Crippen LogP contribution < -0.4 is 4.90 Å². The number of fused-ring (bicyclic) bond motifs is 1. The summed E-state index contributed by atoms with van der Waals surface area (Å²) in [5.41, 5.74) is 3.49. The van der Waals surface area contributed by atoms with Crippen LogP contribution in [0.3, 0.4) is 0 Å². The number of rotatable bonds is 5. The van der Waals surface area contributed by atoms with Crippen LogP contribution in [0.5, 0.6) is 0 Å². The van der Waals surface area contributed by atoms with Gasteiger partial charge in [0.1, 0.15) is 16.7 Å². The fourth-order valence-electron chi connectivity index (χ4n) is 4.29. The number of aryl methyl sites for hydroxylation is 1. The minimum absolute atomic E-state index is 0.559. The molecule has 148 valence electrons. The second-order valence-electron chi connectivity index (χ2n) is 8.04. The molecular formula is C21H27BrN6. The highest BCUT2D eigenvalue weighted by atomic mass is 79.9. The van der Waals surface area contributed by atoms with Gasteiger partial charge < -0.3 is 9.80 Å². The van der Waals surface area contributed by atoms with Crippen molar-refractivity contribution in [3.8, 4) is 0 Å². The predicted octanol–water partition coefficient (Wildman–Crippen LogP) is 3.99. The van der Waals surface area contributed by atoms with Crippen LogP contribution in [-0.4, -0.2) is 58.8 Å². The van der Waals surface area contributed by atoms with Crippen molar-refractivity contribution in [3.63, 3.8) is 0 Å². The number of halogens is 1. The van der Waals surface area contributed by atoms with Crippen molar-refractivity contribution in [1.29, 1.82) is 0 Å². The van der Waals surface area contributed by atoms with E-state index < -0.39 is 0 Å². The molecule has 1 atom stereocenters. The highest BCUT2D eigenvalue weighted by Crippen LogP contribution is 2.36. The van der Waals surface area contributed by atoms with Crippen molar-refractivity contribution in [2.45, 2.75) is 25.7 Å². The van der Waals surface area contributed by atoms with E-state index in [0.29, 0.717) is 17.5 Å². The Morgan fingerprint density at radius 3 is 2.57 bits per heavy atom. The summed E-state index contributed by atoms with van der Waals surface area (Å²) in [4.78, 5) is 13.5. The zero-order chi connectivity index (χ0) is 19.7. The van der Waals surface area contributed by atoms with E-state index >= 15 is 0 Å². The second-order valence-corrected chi connectivity index (χ2v) is 8.83. The minimum atomic E-state index is 0.559. The summed E-state index contributed by atoms with van der Waals surface area (Å²) in [5, 5.41) is 8.18. The molecule has 1 N–H and O–H groups in total. The molecule has 3 heterocycles. The van der Waals surface area contributed by atoms with Crippen LogP contribution >= 0.6 is 15.9 Å². The van der Waals surface area contributed by atoms with Gasteiger partial charge in [0.15, 0.2) is 5.65 Å². The minimum Gasteiger partial charge on any atom is -0.356 e. The lowest BCUT2D eigenvalue weighted by molar-refractivity contribution is 0.272. The first kappa shape index (κ1) is 19.3. The summed E-state index contributed by atoms with van der Waals surface area (Å²) in [6.45, 7) is 5.24. The SMILES string of the molecule is Cc1ccc(C(CN(C)C)C2CCN(c3ncnc4n[nH]c(Br)c34)CC2)cc1. The zero-order valence-corrected chi connectivity index (χ0v) is 18.3. The highest BCUT2D eigenvalue weighted by Gasteiger charge is 2.29. The predicted molar refractivity (Wildman–Crippen MR) is 117 cm³/mol. The van der Waals surface area contributed by atoms with E-state index in [0.717, 1.165) is 48.3 Å². The van der Waals surface area contributed by atoms with E-state index in [1.165, 1.54) is 11.1 Å². The third-order valence-electron chi connectivity index (χ3n) is 5.76. The third kappa shape index (κ3) is 3.91. The van der Waals surface area contributed by atoms with Crippen molar-refractivity contribution >= 4 is 32.8 Å². The number of aromatic amines is 1. The number of H-pyrrole nitrogens is 1. The number of benzene rings is 1. The van der Waals surface area contributed by atoms with E-state index in [4.69, 9.17) is 0 Å². The Labute approximate surface area is 174 Å². The van der Waals surface area contributed by atoms with Crippen LogP contribution in [0.2, 0.25) is 0 Å². The molecule has 4 rings (SSSR count). The molecule has 1 aromatic carbocycles. The van der Waals surface area contributed by atoms with Crippen molar-refractivity contribution in [2.75, 3.05) is 38.6 Å². The van der Waals surface area contributed by atoms with Crippen LogP contribution in [0.4, 0.5) is 5.82 Å². The maximum absolute atomic E-state index is 4.57. The summed E-state index contributed by atoms with van der Waals surface area (Å²) in [6, 6.07) is 9.10. The number of likely N-dealkylation sites (N-methyl/N-ethyl adjacent to an activating group) is 1. The summed E-state index contributed by atoms with van der Waals surface area (Å²) in [7, 11) is 4.34. The van der Waals surface area contributed by atoms with Crippen LogP contribution in [0.15, 0.2) is 35.2 Å². The largest absolute Gasteiger partial charge is 0.356 e. The molecule has 0 aliphatic carbocycles. The summed E-state index contributed by atoms with van der Waals surface area (Å²) in [6.07, 6.45) is 3.93. The molecule has 6 nitrogen and oxygen atoms in total. The van der Waals surface area contributed by atoms with Gasteiger partial charge in [0.2, 0.25) is 0 Å². The van der Waals surface area contributed by atoms with Crippen LogP contribution in [0.25, 0.3) is 11.0 Å². The summed E-state index contributed by atoms with van der Waals surface area (Å²) in [5.74, 6) is 2.21.